The molecule has 0 aliphatic heterocycles. The summed E-state index contributed by atoms with van der Waals surface area (Å²) in [7, 11) is -1.14. The Bertz CT molecular complexity index is 142. The smallest absolute Gasteiger partial charge is 0.0767 e. The zero-order valence-electron chi connectivity index (χ0n) is 9.51. The summed E-state index contributed by atoms with van der Waals surface area (Å²) in [5.41, 5.74) is 2.35. The largest absolute Gasteiger partial charge is 0.389 e. The van der Waals surface area contributed by atoms with Gasteiger partial charge in [0.25, 0.3) is 0 Å². The maximum absolute atomic E-state index is 9.44. The van der Waals surface area contributed by atoms with Crippen molar-refractivity contribution in [3.05, 3.63) is 11.8 Å². The summed E-state index contributed by atoms with van der Waals surface area (Å²) < 4.78 is 0. The molecule has 2 heteroatoms. The van der Waals surface area contributed by atoms with Gasteiger partial charge in [-0.1, -0.05) is 57.6 Å². The summed E-state index contributed by atoms with van der Waals surface area (Å²) in [5, 5.41) is 9.44. The molecule has 13 heavy (non-hydrogen) atoms. The highest BCUT2D eigenvalue weighted by molar-refractivity contribution is 6.84. The standard InChI is InChI=1S/C11H24OSi/c1-5-11(12)9-10-13(6-2,7-3)8-4/h9-12H,5-8H2,1-4H3/b10-9+/t11-/m0/s1. The van der Waals surface area contributed by atoms with E-state index in [-0.39, 0.29) is 6.10 Å². The van der Waals surface area contributed by atoms with E-state index in [0.29, 0.717) is 0 Å². The summed E-state index contributed by atoms with van der Waals surface area (Å²) in [5.74, 6) is 0. The second kappa shape index (κ2) is 6.38. The zero-order valence-corrected chi connectivity index (χ0v) is 10.5. The fraction of sp³-hybridized carbons (Fsp3) is 0.818. The molecule has 0 aromatic heterocycles. The molecule has 0 aromatic carbocycles. The van der Waals surface area contributed by atoms with Crippen molar-refractivity contribution >= 4 is 8.07 Å². The van der Waals surface area contributed by atoms with Gasteiger partial charge in [0.05, 0.1) is 14.2 Å². The predicted octanol–water partition coefficient (Wildman–Crippen LogP) is 3.36. The lowest BCUT2D eigenvalue weighted by molar-refractivity contribution is 0.219. The minimum atomic E-state index is -1.14. The van der Waals surface area contributed by atoms with Crippen LogP contribution in [-0.4, -0.2) is 19.3 Å². The first kappa shape index (κ1) is 12.9. The van der Waals surface area contributed by atoms with Gasteiger partial charge in [-0.2, -0.15) is 0 Å². The zero-order chi connectivity index (χ0) is 10.3. The first-order valence-corrected chi connectivity index (χ1v) is 8.21. The summed E-state index contributed by atoms with van der Waals surface area (Å²) in [6.45, 7) is 8.85. The van der Waals surface area contributed by atoms with E-state index in [4.69, 9.17) is 0 Å². The number of rotatable bonds is 6. The lowest BCUT2D eigenvalue weighted by Gasteiger charge is -2.23. The Balaban J connectivity index is 4.31. The number of aliphatic hydroxyl groups excluding tert-OH is 1. The number of hydrogen-bond acceptors (Lipinski definition) is 1. The molecular formula is C11H24OSi. The van der Waals surface area contributed by atoms with E-state index in [9.17, 15) is 5.11 Å². The van der Waals surface area contributed by atoms with Gasteiger partial charge in [0.2, 0.25) is 0 Å². The van der Waals surface area contributed by atoms with Crippen LogP contribution >= 0.6 is 0 Å². The van der Waals surface area contributed by atoms with Gasteiger partial charge in [0.15, 0.2) is 0 Å². The van der Waals surface area contributed by atoms with E-state index < -0.39 is 8.07 Å². The highest BCUT2D eigenvalue weighted by Gasteiger charge is 2.22. The predicted molar refractivity (Wildman–Crippen MR) is 62.6 cm³/mol. The quantitative estimate of drug-likeness (QED) is 0.652. The molecule has 0 heterocycles. The Morgan fingerprint density at radius 1 is 1.08 bits per heavy atom. The van der Waals surface area contributed by atoms with Gasteiger partial charge in [0.1, 0.15) is 0 Å². The van der Waals surface area contributed by atoms with Crippen molar-refractivity contribution in [2.75, 3.05) is 0 Å². The molecule has 0 aromatic rings. The van der Waals surface area contributed by atoms with E-state index in [1.807, 2.05) is 13.0 Å². The molecule has 78 valence electrons. The van der Waals surface area contributed by atoms with Crippen molar-refractivity contribution < 1.29 is 5.11 Å². The average Bonchev–Trinajstić information content (AvgIpc) is 2.20. The van der Waals surface area contributed by atoms with Gasteiger partial charge >= 0.3 is 0 Å². The van der Waals surface area contributed by atoms with Gasteiger partial charge < -0.3 is 5.11 Å². The molecule has 0 unspecified atom stereocenters. The lowest BCUT2D eigenvalue weighted by atomic mass is 10.3. The van der Waals surface area contributed by atoms with Gasteiger partial charge in [-0.3, -0.25) is 0 Å². The highest BCUT2D eigenvalue weighted by Crippen LogP contribution is 2.21. The molecule has 0 saturated heterocycles. The van der Waals surface area contributed by atoms with Crippen LogP contribution < -0.4 is 0 Å². The van der Waals surface area contributed by atoms with Crippen LogP contribution in [0.25, 0.3) is 0 Å². The monoisotopic (exact) mass is 200 g/mol. The molecular weight excluding hydrogens is 176 g/mol. The Morgan fingerprint density at radius 2 is 1.54 bits per heavy atom. The van der Waals surface area contributed by atoms with Crippen LogP contribution in [-0.2, 0) is 0 Å². The molecule has 1 nitrogen and oxygen atoms in total. The van der Waals surface area contributed by atoms with Crippen molar-refractivity contribution in [1.29, 1.82) is 0 Å². The Labute approximate surface area is 83.9 Å². The molecule has 1 N–H and O–H groups in total. The van der Waals surface area contributed by atoms with E-state index in [1.54, 1.807) is 0 Å². The first-order valence-electron chi connectivity index (χ1n) is 5.51. The maximum atomic E-state index is 9.44. The normalized spacial score (nSPS) is 15.2. The third-order valence-corrected chi connectivity index (χ3v) is 8.33. The fourth-order valence-electron chi connectivity index (χ4n) is 1.55. The topological polar surface area (TPSA) is 20.2 Å². The van der Waals surface area contributed by atoms with E-state index in [1.165, 1.54) is 18.1 Å². The SMILES string of the molecule is CC[C@H](O)/C=C/[Si](CC)(CC)CC. The van der Waals surface area contributed by atoms with Crippen molar-refractivity contribution in [2.45, 2.75) is 58.4 Å². The third kappa shape index (κ3) is 4.10. The minimum Gasteiger partial charge on any atom is -0.389 e. The molecule has 0 aliphatic carbocycles. The highest BCUT2D eigenvalue weighted by atomic mass is 28.3. The van der Waals surface area contributed by atoms with Crippen LogP contribution in [0.15, 0.2) is 11.8 Å². The summed E-state index contributed by atoms with van der Waals surface area (Å²) >= 11 is 0. The van der Waals surface area contributed by atoms with E-state index in [0.717, 1.165) is 6.42 Å². The molecule has 0 amide bonds. The molecule has 1 atom stereocenters. The van der Waals surface area contributed by atoms with Crippen LogP contribution in [0.4, 0.5) is 0 Å². The van der Waals surface area contributed by atoms with Gasteiger partial charge in [0, 0.05) is 0 Å². The second-order valence-corrected chi connectivity index (χ2v) is 8.94. The molecule has 0 bridgehead atoms. The van der Waals surface area contributed by atoms with Crippen LogP contribution in [0, 0.1) is 0 Å². The molecule has 0 aliphatic rings. The Hall–Kier alpha value is -0.0831. The molecule has 0 spiro atoms. The van der Waals surface area contributed by atoms with Gasteiger partial charge in [-0.15, -0.1) is 0 Å². The average molecular weight is 200 g/mol. The lowest BCUT2D eigenvalue weighted by Crippen LogP contribution is -2.29. The van der Waals surface area contributed by atoms with Gasteiger partial charge in [-0.05, 0) is 6.42 Å². The van der Waals surface area contributed by atoms with E-state index in [2.05, 4.69) is 26.5 Å². The van der Waals surface area contributed by atoms with Crippen LogP contribution in [0.5, 0.6) is 0 Å². The van der Waals surface area contributed by atoms with Crippen LogP contribution in [0.1, 0.15) is 34.1 Å². The van der Waals surface area contributed by atoms with Crippen molar-refractivity contribution in [3.63, 3.8) is 0 Å². The van der Waals surface area contributed by atoms with Crippen LogP contribution in [0.2, 0.25) is 18.1 Å². The first-order chi connectivity index (χ1) is 6.14. The Kier molecular flexibility index (Phi) is 6.34. The second-order valence-electron chi connectivity index (χ2n) is 3.76. The maximum Gasteiger partial charge on any atom is 0.0767 e. The Morgan fingerprint density at radius 3 is 1.85 bits per heavy atom. The summed E-state index contributed by atoms with van der Waals surface area (Å²) in [6, 6.07) is 3.90. The van der Waals surface area contributed by atoms with Crippen molar-refractivity contribution in [2.24, 2.45) is 0 Å². The molecule has 0 fully saturated rings. The molecule has 0 saturated carbocycles. The number of hydrogen-bond donors (Lipinski definition) is 1. The third-order valence-electron chi connectivity index (χ3n) is 3.20. The van der Waals surface area contributed by atoms with Crippen molar-refractivity contribution in [1.82, 2.24) is 0 Å². The summed E-state index contributed by atoms with van der Waals surface area (Å²) in [6.07, 6.45) is 2.62. The molecule has 0 rings (SSSR count). The van der Waals surface area contributed by atoms with E-state index >= 15 is 0 Å². The van der Waals surface area contributed by atoms with Gasteiger partial charge in [-0.25, -0.2) is 0 Å². The number of aliphatic hydroxyl groups is 1. The molecule has 0 radical (unpaired) electrons. The van der Waals surface area contributed by atoms with Crippen LogP contribution in [0.3, 0.4) is 0 Å². The fourth-order valence-corrected chi connectivity index (χ4v) is 4.39. The summed E-state index contributed by atoms with van der Waals surface area (Å²) in [4.78, 5) is 0. The van der Waals surface area contributed by atoms with Crippen molar-refractivity contribution in [3.8, 4) is 0 Å². The minimum absolute atomic E-state index is 0.225.